The van der Waals surface area contributed by atoms with Crippen molar-refractivity contribution in [2.45, 2.75) is 110 Å². The second-order valence-electron chi connectivity index (χ2n) is 16.3. The fraction of sp³-hybridized carbons (Fsp3) is 0.565. The summed E-state index contributed by atoms with van der Waals surface area (Å²) in [4.78, 5) is 0. The molecule has 9 atom stereocenters. The van der Waals surface area contributed by atoms with E-state index in [-0.39, 0.29) is 0 Å². The smallest absolute Gasteiger partial charge is 0.00870 e. The van der Waals surface area contributed by atoms with Crippen LogP contribution in [0.15, 0.2) is 118 Å². The molecular formula is C46H59N. The second-order valence-corrected chi connectivity index (χ2v) is 16.3. The molecule has 0 aromatic heterocycles. The number of hydrogen-bond donors (Lipinski definition) is 1. The van der Waals surface area contributed by atoms with Gasteiger partial charge in [0.2, 0.25) is 0 Å². The van der Waals surface area contributed by atoms with Crippen molar-refractivity contribution in [1.29, 1.82) is 0 Å². The number of allylic oxidation sites excluding steroid dienone is 19. The molecule has 8 unspecified atom stereocenters. The quantitative estimate of drug-likeness (QED) is 0.292. The molecule has 2 N–H and O–H groups in total. The van der Waals surface area contributed by atoms with E-state index in [9.17, 15) is 0 Å². The van der Waals surface area contributed by atoms with Crippen molar-refractivity contribution < 1.29 is 0 Å². The van der Waals surface area contributed by atoms with E-state index in [1.165, 1.54) is 102 Å². The number of nitrogens with two attached hydrogens (primary N) is 1. The summed E-state index contributed by atoms with van der Waals surface area (Å²) < 4.78 is 0. The largest absolute Gasteiger partial charge is 0.405 e. The highest BCUT2D eigenvalue weighted by Crippen LogP contribution is 2.54. The highest BCUT2D eigenvalue weighted by Gasteiger charge is 2.43. The molecule has 0 amide bonds. The summed E-state index contributed by atoms with van der Waals surface area (Å²) in [6.07, 6.45) is 53.1. The third kappa shape index (κ3) is 6.15. The number of hydrogen-bond acceptors (Lipinski definition) is 1. The Labute approximate surface area is 286 Å². The first-order chi connectivity index (χ1) is 23.2. The third-order valence-electron chi connectivity index (χ3n) is 14.3. The molecule has 0 aliphatic heterocycles. The summed E-state index contributed by atoms with van der Waals surface area (Å²) in [7, 11) is 0. The van der Waals surface area contributed by atoms with Crippen LogP contribution in [0.2, 0.25) is 0 Å². The fourth-order valence-electron chi connectivity index (χ4n) is 11.8. The third-order valence-corrected chi connectivity index (χ3v) is 14.3. The van der Waals surface area contributed by atoms with Crippen LogP contribution in [0.4, 0.5) is 0 Å². The zero-order valence-electron chi connectivity index (χ0n) is 29.1. The molecule has 248 valence electrons. The van der Waals surface area contributed by atoms with Gasteiger partial charge in [-0.1, -0.05) is 120 Å². The molecule has 0 spiro atoms. The fourth-order valence-corrected chi connectivity index (χ4v) is 11.8. The number of fused-ring (bicyclic) bond motifs is 3. The second kappa shape index (κ2) is 14.0. The molecule has 0 bridgehead atoms. The van der Waals surface area contributed by atoms with Crippen LogP contribution >= 0.6 is 0 Å². The van der Waals surface area contributed by atoms with Crippen molar-refractivity contribution in [3.63, 3.8) is 0 Å². The van der Waals surface area contributed by atoms with Crippen LogP contribution < -0.4 is 5.73 Å². The molecule has 8 rings (SSSR count). The van der Waals surface area contributed by atoms with Crippen molar-refractivity contribution in [1.82, 2.24) is 0 Å². The maximum Gasteiger partial charge on any atom is 0.00870 e. The van der Waals surface area contributed by atoms with Crippen molar-refractivity contribution in [2.75, 3.05) is 0 Å². The minimum Gasteiger partial charge on any atom is -0.405 e. The molecule has 0 radical (unpaired) electrons. The Bertz CT molecular complexity index is 1510. The Hall–Kier alpha value is -2.80. The first kappa shape index (κ1) is 31.5. The Morgan fingerprint density at radius 3 is 2.21 bits per heavy atom. The molecule has 2 saturated carbocycles. The highest BCUT2D eigenvalue weighted by molar-refractivity contribution is 5.44. The topological polar surface area (TPSA) is 26.0 Å². The summed E-state index contributed by atoms with van der Waals surface area (Å²) in [6.45, 7) is 2.27. The molecule has 0 aromatic carbocycles. The average Bonchev–Trinajstić information content (AvgIpc) is 3.15. The summed E-state index contributed by atoms with van der Waals surface area (Å²) in [5.74, 6) is 6.22. The minimum absolute atomic E-state index is 0.498. The molecule has 8 aliphatic rings. The maximum absolute atomic E-state index is 6.14. The van der Waals surface area contributed by atoms with Crippen molar-refractivity contribution in [3.05, 3.63) is 118 Å². The molecule has 0 aromatic rings. The van der Waals surface area contributed by atoms with Gasteiger partial charge in [-0.15, -0.1) is 0 Å². The molecule has 2 fully saturated rings. The monoisotopic (exact) mass is 625 g/mol. The first-order valence-electron chi connectivity index (χ1n) is 19.8. The predicted octanol–water partition coefficient (Wildman–Crippen LogP) is 12.0. The van der Waals surface area contributed by atoms with E-state index in [2.05, 4.69) is 79.8 Å². The molecule has 1 nitrogen and oxygen atoms in total. The van der Waals surface area contributed by atoms with Crippen LogP contribution in [0.3, 0.4) is 0 Å². The van der Waals surface area contributed by atoms with Gasteiger partial charge in [0.25, 0.3) is 0 Å². The van der Waals surface area contributed by atoms with E-state index in [4.69, 9.17) is 5.73 Å². The zero-order chi connectivity index (χ0) is 31.7. The van der Waals surface area contributed by atoms with Crippen LogP contribution in [0.1, 0.15) is 110 Å². The van der Waals surface area contributed by atoms with Crippen molar-refractivity contribution >= 4 is 0 Å². The van der Waals surface area contributed by atoms with Crippen LogP contribution in [0.5, 0.6) is 0 Å². The van der Waals surface area contributed by atoms with E-state index in [1.54, 1.807) is 22.3 Å². The van der Waals surface area contributed by atoms with Crippen molar-refractivity contribution in [3.8, 4) is 0 Å². The Balaban J connectivity index is 0.950. The average molecular weight is 626 g/mol. The lowest BCUT2D eigenvalue weighted by atomic mass is 9.57. The van der Waals surface area contributed by atoms with E-state index >= 15 is 0 Å². The van der Waals surface area contributed by atoms with Gasteiger partial charge in [0, 0.05) is 5.92 Å². The van der Waals surface area contributed by atoms with Gasteiger partial charge in [0.15, 0.2) is 0 Å². The summed E-state index contributed by atoms with van der Waals surface area (Å²) >= 11 is 0. The van der Waals surface area contributed by atoms with Gasteiger partial charge in [-0.25, -0.2) is 0 Å². The van der Waals surface area contributed by atoms with Crippen LogP contribution in [0.25, 0.3) is 0 Å². The Morgan fingerprint density at radius 2 is 1.43 bits per heavy atom. The standard InChI is InChI=1S/C46H59N/c1-2-31(30-47)39-25-27-45(43-13-7-5-11-41(39)43)46-28-26-40(42-12-6-8-14-44(42)46)36-22-19-34(20-23-36)33-15-17-35(18-16-33)38-24-21-32-9-3-4-10-37(32)29-38/h5-8,11-14,17,19,21-22,30,33,37-42,44,46H,2-4,9-10,15-16,18,20,23-29,47H2,1H3/b31-30+/t33-,37?,38?,39?,40?,41?,42?,44?,46?/m1/s1. The van der Waals surface area contributed by atoms with Gasteiger partial charge in [-0.3, -0.25) is 0 Å². The lowest BCUT2D eigenvalue weighted by Gasteiger charge is -2.47. The van der Waals surface area contributed by atoms with Crippen LogP contribution in [0, 0.1) is 53.3 Å². The lowest BCUT2D eigenvalue weighted by Crippen LogP contribution is -2.37. The van der Waals surface area contributed by atoms with E-state index < -0.39 is 0 Å². The minimum atomic E-state index is 0.498. The molecule has 0 heterocycles. The molecule has 0 saturated heterocycles. The van der Waals surface area contributed by atoms with Crippen LogP contribution in [-0.2, 0) is 0 Å². The lowest BCUT2D eigenvalue weighted by molar-refractivity contribution is 0.189. The molecular weight excluding hydrogens is 567 g/mol. The van der Waals surface area contributed by atoms with Gasteiger partial charge in [0.1, 0.15) is 0 Å². The van der Waals surface area contributed by atoms with Gasteiger partial charge in [-0.2, -0.15) is 0 Å². The van der Waals surface area contributed by atoms with E-state index in [0.29, 0.717) is 35.5 Å². The number of rotatable bonds is 6. The Kier molecular flexibility index (Phi) is 9.36. The Morgan fingerprint density at radius 1 is 0.681 bits per heavy atom. The maximum atomic E-state index is 6.14. The highest BCUT2D eigenvalue weighted by atomic mass is 14.5. The van der Waals surface area contributed by atoms with Gasteiger partial charge in [0.05, 0.1) is 0 Å². The SMILES string of the molecule is CC/C(=C\N)C1CCC(C2CCC(C3=CC=C([C@@H]4CC=C(C5CC=C6CCCCC6C5)CC4)CC3)C3C=CC=CC23)=C2C=CC=CC21. The first-order valence-corrected chi connectivity index (χ1v) is 19.8. The predicted molar refractivity (Wildman–Crippen MR) is 199 cm³/mol. The van der Waals surface area contributed by atoms with Crippen molar-refractivity contribution in [2.24, 2.45) is 59.0 Å². The van der Waals surface area contributed by atoms with E-state index in [1.807, 2.05) is 17.3 Å². The van der Waals surface area contributed by atoms with Gasteiger partial charge >= 0.3 is 0 Å². The molecule has 8 aliphatic carbocycles. The zero-order valence-corrected chi connectivity index (χ0v) is 29.1. The van der Waals surface area contributed by atoms with Gasteiger partial charge in [-0.05, 0) is 155 Å². The molecule has 1 heteroatoms. The summed E-state index contributed by atoms with van der Waals surface area (Å²) in [5, 5.41) is 0. The van der Waals surface area contributed by atoms with Crippen LogP contribution in [-0.4, -0.2) is 0 Å². The van der Waals surface area contributed by atoms with Gasteiger partial charge < -0.3 is 5.73 Å². The summed E-state index contributed by atoms with van der Waals surface area (Å²) in [6, 6.07) is 0. The normalized spacial score (nSPS) is 38.5. The molecule has 47 heavy (non-hydrogen) atoms. The summed E-state index contributed by atoms with van der Waals surface area (Å²) in [5.41, 5.74) is 18.1. The van der Waals surface area contributed by atoms with E-state index in [0.717, 1.165) is 24.2 Å².